The molecule has 2 aromatic heterocycles. The average Bonchev–Trinajstić information content (AvgIpc) is 3.22. The summed E-state index contributed by atoms with van der Waals surface area (Å²) in [6.45, 7) is 4.00. The first kappa shape index (κ1) is 20.4. The summed E-state index contributed by atoms with van der Waals surface area (Å²) >= 11 is 0. The van der Waals surface area contributed by atoms with E-state index >= 15 is 0 Å². The Kier molecular flexibility index (Phi) is 7.29. The maximum atomic E-state index is 11.7. The van der Waals surface area contributed by atoms with Crippen LogP contribution >= 0.6 is 0 Å². The quantitative estimate of drug-likeness (QED) is 0.543. The van der Waals surface area contributed by atoms with E-state index < -0.39 is 5.60 Å². The zero-order valence-corrected chi connectivity index (χ0v) is 16.0. The third-order valence-electron chi connectivity index (χ3n) is 4.13. The van der Waals surface area contributed by atoms with Gasteiger partial charge in [-0.25, -0.2) is 0 Å². The molecule has 0 spiro atoms. The first-order valence-corrected chi connectivity index (χ1v) is 9.09. The highest BCUT2D eigenvalue weighted by Crippen LogP contribution is 2.35. The minimum absolute atomic E-state index is 0.672. The SMILES string of the molecule is CC.CN.OC(c1ccccc1)(c1ccccc1)c1coc2cccc[n+]12. The van der Waals surface area contributed by atoms with E-state index in [0.717, 1.165) is 11.1 Å². The molecule has 0 atom stereocenters. The van der Waals surface area contributed by atoms with Crippen LogP contribution in [0.2, 0.25) is 0 Å². The fraction of sp³-hybridized carbons (Fsp3) is 0.174. The van der Waals surface area contributed by atoms with Crippen LogP contribution < -0.4 is 10.1 Å². The van der Waals surface area contributed by atoms with Gasteiger partial charge in [-0.1, -0.05) is 74.5 Å². The minimum atomic E-state index is -1.29. The molecule has 27 heavy (non-hydrogen) atoms. The van der Waals surface area contributed by atoms with Crippen LogP contribution in [0, 0.1) is 0 Å². The molecule has 4 aromatic rings. The second kappa shape index (κ2) is 9.67. The normalized spacial score (nSPS) is 10.4. The molecular weight excluding hydrogens is 336 g/mol. The Hall–Kier alpha value is -2.95. The van der Waals surface area contributed by atoms with Crippen LogP contribution in [-0.2, 0) is 5.60 Å². The standard InChI is InChI=1S/C20H16NO2.C2H6.CH5N/c22-20(16-9-3-1-4-10-16,17-11-5-2-6-12-17)18-15-23-19-13-7-8-14-21(18)19;2*1-2/h1-15,22H;1-2H3;2H2,1H3/q+1;;. The maximum Gasteiger partial charge on any atom is 0.378 e. The molecule has 4 heteroatoms. The average molecular weight is 363 g/mol. The van der Waals surface area contributed by atoms with Crippen LogP contribution in [0.25, 0.3) is 5.71 Å². The van der Waals surface area contributed by atoms with E-state index in [1.54, 1.807) is 6.26 Å². The van der Waals surface area contributed by atoms with Crippen molar-refractivity contribution in [1.82, 2.24) is 0 Å². The number of hydrogen-bond acceptors (Lipinski definition) is 3. The fourth-order valence-corrected chi connectivity index (χ4v) is 2.98. The summed E-state index contributed by atoms with van der Waals surface area (Å²) in [6.07, 6.45) is 3.51. The van der Waals surface area contributed by atoms with Crippen LogP contribution in [0.4, 0.5) is 0 Å². The van der Waals surface area contributed by atoms with Crippen molar-refractivity contribution in [2.45, 2.75) is 19.4 Å². The van der Waals surface area contributed by atoms with Gasteiger partial charge in [-0.3, -0.25) is 0 Å². The highest BCUT2D eigenvalue weighted by atomic mass is 16.3. The van der Waals surface area contributed by atoms with Crippen LogP contribution in [0.3, 0.4) is 0 Å². The van der Waals surface area contributed by atoms with E-state index in [1.165, 1.54) is 7.05 Å². The molecule has 0 radical (unpaired) electrons. The summed E-state index contributed by atoms with van der Waals surface area (Å²) < 4.78 is 7.52. The van der Waals surface area contributed by atoms with E-state index in [1.807, 2.05) is 103 Å². The molecule has 0 aliphatic carbocycles. The minimum Gasteiger partial charge on any atom is -0.406 e. The van der Waals surface area contributed by atoms with Gasteiger partial charge >= 0.3 is 5.71 Å². The van der Waals surface area contributed by atoms with Gasteiger partial charge in [0, 0.05) is 6.07 Å². The summed E-state index contributed by atoms with van der Waals surface area (Å²) in [6, 6.07) is 25.0. The van der Waals surface area contributed by atoms with Crippen molar-refractivity contribution in [2.75, 3.05) is 7.05 Å². The van der Waals surface area contributed by atoms with E-state index in [4.69, 9.17) is 4.42 Å². The van der Waals surface area contributed by atoms with Crippen LogP contribution in [0.5, 0.6) is 0 Å². The predicted molar refractivity (Wildman–Crippen MR) is 108 cm³/mol. The first-order chi connectivity index (χ1) is 13.3. The van der Waals surface area contributed by atoms with Gasteiger partial charge in [-0.15, -0.1) is 4.40 Å². The van der Waals surface area contributed by atoms with Crippen molar-refractivity contribution in [3.8, 4) is 0 Å². The van der Waals surface area contributed by atoms with E-state index in [0.29, 0.717) is 11.4 Å². The zero-order chi connectivity index (χ0) is 19.7. The van der Waals surface area contributed by atoms with Crippen LogP contribution in [0.1, 0.15) is 30.7 Å². The number of fused-ring (bicyclic) bond motifs is 1. The van der Waals surface area contributed by atoms with Gasteiger partial charge in [0.05, 0.1) is 6.07 Å². The number of rotatable bonds is 3. The Morgan fingerprint density at radius 2 is 1.26 bits per heavy atom. The Morgan fingerprint density at radius 1 is 0.778 bits per heavy atom. The summed E-state index contributed by atoms with van der Waals surface area (Å²) in [7, 11) is 1.50. The van der Waals surface area contributed by atoms with Gasteiger partial charge < -0.3 is 15.3 Å². The Balaban J connectivity index is 0.000000614. The van der Waals surface area contributed by atoms with Gasteiger partial charge in [0.15, 0.2) is 12.5 Å². The molecular formula is C23H27N2O2+. The number of hydrogen-bond donors (Lipinski definition) is 2. The molecule has 2 aromatic carbocycles. The first-order valence-electron chi connectivity index (χ1n) is 9.09. The van der Waals surface area contributed by atoms with Gasteiger partial charge in [-0.05, 0) is 24.2 Å². The third kappa shape index (κ3) is 3.92. The van der Waals surface area contributed by atoms with E-state index in [-0.39, 0.29) is 0 Å². The Labute approximate surface area is 160 Å². The topological polar surface area (TPSA) is 63.5 Å². The Morgan fingerprint density at radius 3 is 1.78 bits per heavy atom. The summed E-state index contributed by atoms with van der Waals surface area (Å²) in [5.74, 6) is 0. The third-order valence-corrected chi connectivity index (χ3v) is 4.13. The van der Waals surface area contributed by atoms with Crippen molar-refractivity contribution in [3.63, 3.8) is 0 Å². The molecule has 0 saturated carbocycles. The smallest absolute Gasteiger partial charge is 0.378 e. The number of aliphatic hydroxyl groups is 1. The lowest BCUT2D eigenvalue weighted by atomic mass is 9.84. The van der Waals surface area contributed by atoms with E-state index in [9.17, 15) is 5.11 Å². The summed E-state index contributed by atoms with van der Waals surface area (Å²) in [5, 5.41) is 11.7. The predicted octanol–water partition coefficient (Wildman–Crippen LogP) is 3.90. The molecule has 0 amide bonds. The number of nitrogens with zero attached hydrogens (tertiary/aromatic N) is 1. The lowest BCUT2D eigenvalue weighted by molar-refractivity contribution is -0.531. The highest BCUT2D eigenvalue weighted by molar-refractivity contribution is 5.43. The fourth-order valence-electron chi connectivity index (χ4n) is 2.98. The van der Waals surface area contributed by atoms with Crippen LogP contribution in [0.15, 0.2) is 95.7 Å². The number of benzene rings is 2. The van der Waals surface area contributed by atoms with Crippen molar-refractivity contribution >= 4 is 5.71 Å². The monoisotopic (exact) mass is 363 g/mol. The molecule has 4 rings (SSSR count). The van der Waals surface area contributed by atoms with Crippen LogP contribution in [-0.4, -0.2) is 12.2 Å². The molecule has 2 heterocycles. The van der Waals surface area contributed by atoms with Crippen molar-refractivity contribution < 1.29 is 13.9 Å². The number of oxazole rings is 1. The van der Waals surface area contributed by atoms with Gasteiger partial charge in [0.2, 0.25) is 5.60 Å². The summed E-state index contributed by atoms with van der Waals surface area (Å²) in [4.78, 5) is 0. The largest absolute Gasteiger partial charge is 0.406 e. The molecule has 0 saturated heterocycles. The molecule has 3 N–H and O–H groups in total. The number of nitrogens with two attached hydrogens (primary N) is 1. The second-order valence-electron chi connectivity index (χ2n) is 5.47. The van der Waals surface area contributed by atoms with Crippen molar-refractivity contribution in [2.24, 2.45) is 5.73 Å². The van der Waals surface area contributed by atoms with Crippen molar-refractivity contribution in [3.05, 3.63) is 108 Å². The van der Waals surface area contributed by atoms with Gasteiger partial charge in [0.1, 0.15) is 0 Å². The molecule has 4 nitrogen and oxygen atoms in total. The molecule has 0 aliphatic heterocycles. The molecule has 140 valence electrons. The van der Waals surface area contributed by atoms with Gasteiger partial charge in [-0.2, -0.15) is 0 Å². The number of pyridine rings is 1. The highest BCUT2D eigenvalue weighted by Gasteiger charge is 2.42. The molecule has 0 fully saturated rings. The molecule has 0 unspecified atom stereocenters. The Bertz CT molecular complexity index is 895. The lowest BCUT2D eigenvalue weighted by Crippen LogP contribution is -2.39. The van der Waals surface area contributed by atoms with Crippen molar-refractivity contribution in [1.29, 1.82) is 0 Å². The van der Waals surface area contributed by atoms with Gasteiger partial charge in [0.25, 0.3) is 5.69 Å². The second-order valence-corrected chi connectivity index (χ2v) is 5.47. The summed E-state index contributed by atoms with van der Waals surface area (Å²) in [5.41, 5.74) is 6.16. The maximum absolute atomic E-state index is 11.7. The molecule has 0 aliphatic rings. The zero-order valence-electron chi connectivity index (χ0n) is 16.0. The lowest BCUT2D eigenvalue weighted by Gasteiger charge is -2.24. The molecule has 0 bridgehead atoms. The van der Waals surface area contributed by atoms with E-state index in [2.05, 4.69) is 5.73 Å². The number of aromatic nitrogens is 1.